The lowest BCUT2D eigenvalue weighted by atomic mass is 10.1. The molecule has 0 fully saturated rings. The van der Waals surface area contributed by atoms with E-state index in [4.69, 9.17) is 10.2 Å². The fraction of sp³-hybridized carbons (Fsp3) is 0.231. The molecule has 94 valence electrons. The molecule has 0 aliphatic heterocycles. The highest BCUT2D eigenvalue weighted by molar-refractivity contribution is 5.94. The molecule has 0 unspecified atom stereocenters. The average molecular weight is 245 g/mol. The van der Waals surface area contributed by atoms with E-state index in [1.807, 2.05) is 19.1 Å². The monoisotopic (exact) mass is 245 g/mol. The van der Waals surface area contributed by atoms with Gasteiger partial charge in [-0.1, -0.05) is 6.92 Å². The van der Waals surface area contributed by atoms with Crippen molar-refractivity contribution < 1.29 is 9.21 Å². The molecule has 1 aromatic heterocycles. The quantitative estimate of drug-likeness (QED) is 0.863. The van der Waals surface area contributed by atoms with Gasteiger partial charge in [-0.2, -0.15) is 0 Å². The standard InChI is InChI=1S/C13H15N3O2/c1-2-11(14)13(17)16-10-5-3-9(4-6-10)12-7-15-8-18-12/h3-8,11H,2,14H2,1H3,(H,16,17)/t11-/m0/s1. The van der Waals surface area contributed by atoms with E-state index in [0.717, 1.165) is 5.56 Å². The van der Waals surface area contributed by atoms with Crippen LogP contribution in [0.5, 0.6) is 0 Å². The Bertz CT molecular complexity index is 506. The van der Waals surface area contributed by atoms with Gasteiger partial charge in [-0.05, 0) is 30.7 Å². The van der Waals surface area contributed by atoms with E-state index in [1.54, 1.807) is 18.3 Å². The topological polar surface area (TPSA) is 81.2 Å². The normalized spacial score (nSPS) is 12.1. The molecule has 2 rings (SSSR count). The first kappa shape index (κ1) is 12.3. The van der Waals surface area contributed by atoms with Crippen LogP contribution in [-0.2, 0) is 4.79 Å². The number of carbonyl (C=O) groups excluding carboxylic acids is 1. The van der Waals surface area contributed by atoms with E-state index in [9.17, 15) is 4.79 Å². The maximum absolute atomic E-state index is 11.6. The summed E-state index contributed by atoms with van der Waals surface area (Å²) in [6, 6.07) is 6.84. The van der Waals surface area contributed by atoms with Crippen molar-refractivity contribution in [2.24, 2.45) is 5.73 Å². The lowest BCUT2D eigenvalue weighted by Crippen LogP contribution is -2.34. The molecule has 5 nitrogen and oxygen atoms in total. The molecule has 0 saturated carbocycles. The van der Waals surface area contributed by atoms with Crippen LogP contribution in [0.4, 0.5) is 5.69 Å². The molecule has 3 N–H and O–H groups in total. The molecular formula is C13H15N3O2. The minimum atomic E-state index is -0.473. The zero-order chi connectivity index (χ0) is 13.0. The predicted octanol–water partition coefficient (Wildman–Crippen LogP) is 2.02. The number of oxazole rings is 1. The van der Waals surface area contributed by atoms with Crippen molar-refractivity contribution >= 4 is 11.6 Å². The Balaban J connectivity index is 2.06. The number of anilines is 1. The predicted molar refractivity (Wildman–Crippen MR) is 68.8 cm³/mol. The molecule has 0 aliphatic rings. The van der Waals surface area contributed by atoms with Gasteiger partial charge in [-0.25, -0.2) is 4.98 Å². The number of benzene rings is 1. The molecular weight excluding hydrogens is 230 g/mol. The number of rotatable bonds is 4. The molecule has 18 heavy (non-hydrogen) atoms. The minimum Gasteiger partial charge on any atom is -0.444 e. The molecule has 1 aromatic carbocycles. The van der Waals surface area contributed by atoms with Crippen molar-refractivity contribution in [3.8, 4) is 11.3 Å². The summed E-state index contributed by atoms with van der Waals surface area (Å²) in [7, 11) is 0. The average Bonchev–Trinajstić information content (AvgIpc) is 2.92. The van der Waals surface area contributed by atoms with Crippen LogP contribution in [0.3, 0.4) is 0 Å². The van der Waals surface area contributed by atoms with Crippen LogP contribution in [0, 0.1) is 0 Å². The molecule has 1 atom stereocenters. The van der Waals surface area contributed by atoms with Crippen molar-refractivity contribution in [2.75, 3.05) is 5.32 Å². The van der Waals surface area contributed by atoms with Crippen LogP contribution in [0.15, 0.2) is 41.3 Å². The number of nitrogens with one attached hydrogen (secondary N) is 1. The molecule has 1 heterocycles. The van der Waals surface area contributed by atoms with Gasteiger partial charge < -0.3 is 15.5 Å². The van der Waals surface area contributed by atoms with Crippen LogP contribution in [-0.4, -0.2) is 16.9 Å². The summed E-state index contributed by atoms with van der Waals surface area (Å²) in [5.41, 5.74) is 7.26. The van der Waals surface area contributed by atoms with E-state index in [0.29, 0.717) is 17.9 Å². The number of nitrogens with zero attached hydrogens (tertiary/aromatic N) is 1. The number of nitrogens with two attached hydrogens (primary N) is 1. The Hall–Kier alpha value is -2.14. The summed E-state index contributed by atoms with van der Waals surface area (Å²) in [6.07, 6.45) is 3.63. The molecule has 0 bridgehead atoms. The van der Waals surface area contributed by atoms with Crippen molar-refractivity contribution in [1.29, 1.82) is 0 Å². The third-order valence-electron chi connectivity index (χ3n) is 2.65. The van der Waals surface area contributed by atoms with Gasteiger partial charge in [0.2, 0.25) is 5.91 Å². The molecule has 2 aromatic rings. The van der Waals surface area contributed by atoms with Gasteiger partial charge >= 0.3 is 0 Å². The van der Waals surface area contributed by atoms with Gasteiger partial charge in [-0.15, -0.1) is 0 Å². The first-order valence-electron chi connectivity index (χ1n) is 5.76. The van der Waals surface area contributed by atoms with Gasteiger partial charge in [0.25, 0.3) is 0 Å². The van der Waals surface area contributed by atoms with Gasteiger partial charge in [0, 0.05) is 11.3 Å². The highest BCUT2D eigenvalue weighted by atomic mass is 16.3. The molecule has 0 spiro atoms. The Morgan fingerprint density at radius 2 is 2.17 bits per heavy atom. The van der Waals surface area contributed by atoms with E-state index in [1.165, 1.54) is 6.39 Å². The molecule has 0 aliphatic carbocycles. The van der Waals surface area contributed by atoms with E-state index in [-0.39, 0.29) is 5.91 Å². The second-order valence-electron chi connectivity index (χ2n) is 3.95. The molecule has 1 amide bonds. The first-order chi connectivity index (χ1) is 8.70. The summed E-state index contributed by atoms with van der Waals surface area (Å²) in [5.74, 6) is 0.517. The third-order valence-corrected chi connectivity index (χ3v) is 2.65. The van der Waals surface area contributed by atoms with Crippen molar-refractivity contribution in [3.63, 3.8) is 0 Å². The Morgan fingerprint density at radius 3 is 2.72 bits per heavy atom. The van der Waals surface area contributed by atoms with Crippen molar-refractivity contribution in [3.05, 3.63) is 36.9 Å². The van der Waals surface area contributed by atoms with Crippen LogP contribution in [0.25, 0.3) is 11.3 Å². The second-order valence-corrected chi connectivity index (χ2v) is 3.95. The van der Waals surface area contributed by atoms with Crippen LogP contribution < -0.4 is 11.1 Å². The zero-order valence-corrected chi connectivity index (χ0v) is 10.1. The van der Waals surface area contributed by atoms with Gasteiger partial charge in [0.15, 0.2) is 12.2 Å². The zero-order valence-electron chi connectivity index (χ0n) is 10.1. The van der Waals surface area contributed by atoms with Gasteiger partial charge in [0.1, 0.15) is 0 Å². The molecule has 0 saturated heterocycles. The fourth-order valence-corrected chi connectivity index (χ4v) is 1.50. The highest BCUT2D eigenvalue weighted by Gasteiger charge is 2.10. The maximum atomic E-state index is 11.6. The fourth-order valence-electron chi connectivity index (χ4n) is 1.50. The number of hydrogen-bond acceptors (Lipinski definition) is 4. The summed E-state index contributed by atoms with van der Waals surface area (Å²) in [6.45, 7) is 1.87. The van der Waals surface area contributed by atoms with Crippen molar-refractivity contribution in [2.45, 2.75) is 19.4 Å². The van der Waals surface area contributed by atoms with E-state index in [2.05, 4.69) is 10.3 Å². The Kier molecular flexibility index (Phi) is 3.74. The van der Waals surface area contributed by atoms with E-state index < -0.39 is 6.04 Å². The first-order valence-corrected chi connectivity index (χ1v) is 5.76. The maximum Gasteiger partial charge on any atom is 0.241 e. The summed E-state index contributed by atoms with van der Waals surface area (Å²) >= 11 is 0. The van der Waals surface area contributed by atoms with Gasteiger partial charge in [-0.3, -0.25) is 4.79 Å². The largest absolute Gasteiger partial charge is 0.444 e. The Morgan fingerprint density at radius 1 is 1.44 bits per heavy atom. The summed E-state index contributed by atoms with van der Waals surface area (Å²) in [4.78, 5) is 15.4. The molecule has 0 radical (unpaired) electrons. The smallest absolute Gasteiger partial charge is 0.241 e. The number of amides is 1. The number of aromatic nitrogens is 1. The summed E-state index contributed by atoms with van der Waals surface area (Å²) in [5, 5.41) is 2.75. The highest BCUT2D eigenvalue weighted by Crippen LogP contribution is 2.20. The molecule has 5 heteroatoms. The third kappa shape index (κ3) is 2.75. The number of carbonyl (C=O) groups is 1. The lowest BCUT2D eigenvalue weighted by Gasteiger charge is -2.10. The second kappa shape index (κ2) is 5.46. The SMILES string of the molecule is CC[C@H](N)C(=O)Nc1ccc(-c2cnco2)cc1. The number of hydrogen-bond donors (Lipinski definition) is 2. The lowest BCUT2D eigenvalue weighted by molar-refractivity contribution is -0.117. The van der Waals surface area contributed by atoms with Crippen LogP contribution in [0.1, 0.15) is 13.3 Å². The Labute approximate surface area is 105 Å². The van der Waals surface area contributed by atoms with Crippen LogP contribution >= 0.6 is 0 Å². The minimum absolute atomic E-state index is 0.176. The summed E-state index contributed by atoms with van der Waals surface area (Å²) < 4.78 is 5.18. The van der Waals surface area contributed by atoms with Crippen molar-refractivity contribution in [1.82, 2.24) is 4.98 Å². The van der Waals surface area contributed by atoms with E-state index >= 15 is 0 Å². The van der Waals surface area contributed by atoms with Crippen LogP contribution in [0.2, 0.25) is 0 Å². The van der Waals surface area contributed by atoms with Gasteiger partial charge in [0.05, 0.1) is 12.2 Å².